The van der Waals surface area contributed by atoms with Crippen LogP contribution in [0.1, 0.15) is 27.7 Å². The van der Waals surface area contributed by atoms with E-state index in [1.807, 2.05) is 27.7 Å². The van der Waals surface area contributed by atoms with E-state index in [1.54, 1.807) is 6.08 Å². The van der Waals surface area contributed by atoms with E-state index in [4.69, 9.17) is 4.74 Å². The summed E-state index contributed by atoms with van der Waals surface area (Å²) in [5.74, 6) is 0.191. The summed E-state index contributed by atoms with van der Waals surface area (Å²) in [5.41, 5.74) is 0. The van der Waals surface area contributed by atoms with Crippen molar-refractivity contribution in [2.75, 3.05) is 4.43 Å². The Hall–Kier alpha value is 0.350. The van der Waals surface area contributed by atoms with Crippen LogP contribution < -0.4 is 0 Å². The highest BCUT2D eigenvalue weighted by Gasteiger charge is 2.43. The van der Waals surface area contributed by atoms with E-state index >= 15 is 0 Å². The fraction of sp³-hybridized carbons (Fsp3) is 0.867. The second kappa shape index (κ2) is 7.38. The molecule has 1 aliphatic rings. The molecule has 0 bridgehead atoms. The van der Waals surface area contributed by atoms with Crippen LogP contribution in [0.4, 0.5) is 0 Å². The van der Waals surface area contributed by atoms with Crippen LogP contribution in [-0.4, -0.2) is 39.1 Å². The van der Waals surface area contributed by atoms with Gasteiger partial charge in [0.15, 0.2) is 0 Å². The lowest BCUT2D eigenvalue weighted by molar-refractivity contribution is -0.183. The molecule has 1 fully saturated rings. The number of aliphatic hydroxyl groups is 2. The molecule has 0 aliphatic carbocycles. The van der Waals surface area contributed by atoms with Crippen LogP contribution >= 0.6 is 22.6 Å². The van der Waals surface area contributed by atoms with E-state index in [-0.39, 0.29) is 42.0 Å². The molecule has 0 aromatic carbocycles. The normalized spacial score (nSPS) is 40.5. The summed E-state index contributed by atoms with van der Waals surface area (Å²) in [6.45, 7) is 11.7. The molecule has 8 atom stereocenters. The van der Waals surface area contributed by atoms with Gasteiger partial charge in [-0.3, -0.25) is 0 Å². The third kappa shape index (κ3) is 3.71. The number of hydrogen-bond acceptors (Lipinski definition) is 3. The fourth-order valence-electron chi connectivity index (χ4n) is 2.94. The standard InChI is InChI=1S/C15H27IO3/c1-6-8(2)13(17)10(4)15-11(5)14(18)9(3)12(7-16)19-15/h6,8-15,17-18H,1,7H2,2-5H3/t8-,9+,10+,11-,12-,13-,14+,15+/m0/s1. The summed E-state index contributed by atoms with van der Waals surface area (Å²) in [6.07, 6.45) is 0.866. The zero-order valence-electron chi connectivity index (χ0n) is 12.3. The Labute approximate surface area is 130 Å². The molecule has 3 nitrogen and oxygen atoms in total. The summed E-state index contributed by atoms with van der Waals surface area (Å²) < 4.78 is 7.01. The van der Waals surface area contributed by atoms with Gasteiger partial charge in [-0.2, -0.15) is 0 Å². The van der Waals surface area contributed by atoms with Crippen LogP contribution in [0.5, 0.6) is 0 Å². The van der Waals surface area contributed by atoms with Gasteiger partial charge in [-0.05, 0) is 0 Å². The van der Waals surface area contributed by atoms with E-state index < -0.39 is 6.10 Å². The number of rotatable bonds is 5. The fourth-order valence-corrected chi connectivity index (χ4v) is 3.94. The number of ether oxygens (including phenoxy) is 1. The highest BCUT2D eigenvalue weighted by atomic mass is 127. The van der Waals surface area contributed by atoms with Gasteiger partial charge in [-0.25, -0.2) is 0 Å². The van der Waals surface area contributed by atoms with Crippen molar-refractivity contribution in [1.29, 1.82) is 0 Å². The number of hydrogen-bond donors (Lipinski definition) is 2. The molecule has 0 aromatic heterocycles. The molecule has 0 unspecified atom stereocenters. The van der Waals surface area contributed by atoms with Crippen LogP contribution in [0.25, 0.3) is 0 Å². The molecule has 1 rings (SSSR count). The van der Waals surface area contributed by atoms with Crippen molar-refractivity contribution in [3.8, 4) is 0 Å². The molecule has 0 spiro atoms. The maximum atomic E-state index is 10.4. The van der Waals surface area contributed by atoms with Gasteiger partial charge in [0.2, 0.25) is 0 Å². The zero-order chi connectivity index (χ0) is 14.7. The highest BCUT2D eigenvalue weighted by Crippen LogP contribution is 2.36. The van der Waals surface area contributed by atoms with E-state index in [0.29, 0.717) is 0 Å². The van der Waals surface area contributed by atoms with Crippen LogP contribution in [0.2, 0.25) is 0 Å². The molecule has 2 N–H and O–H groups in total. The molecule has 0 amide bonds. The van der Waals surface area contributed by atoms with Crippen LogP contribution in [0, 0.1) is 23.7 Å². The molecule has 0 saturated carbocycles. The molecule has 1 saturated heterocycles. The third-order valence-electron chi connectivity index (χ3n) is 4.63. The Morgan fingerprint density at radius 3 is 2.37 bits per heavy atom. The van der Waals surface area contributed by atoms with Crippen molar-refractivity contribution in [1.82, 2.24) is 0 Å². The summed E-state index contributed by atoms with van der Waals surface area (Å²) >= 11 is 2.30. The molecule has 1 heterocycles. The van der Waals surface area contributed by atoms with Crippen molar-refractivity contribution in [2.24, 2.45) is 23.7 Å². The molecule has 19 heavy (non-hydrogen) atoms. The predicted molar refractivity (Wildman–Crippen MR) is 86.4 cm³/mol. The first-order valence-corrected chi connectivity index (χ1v) is 8.57. The predicted octanol–water partition coefficient (Wildman–Crippen LogP) is 2.64. The second-order valence-corrected chi connectivity index (χ2v) is 6.83. The number of halogens is 1. The molecule has 1 aliphatic heterocycles. The van der Waals surface area contributed by atoms with Crippen LogP contribution in [-0.2, 0) is 4.74 Å². The Bertz CT molecular complexity index is 295. The minimum Gasteiger partial charge on any atom is -0.392 e. The lowest BCUT2D eigenvalue weighted by Gasteiger charge is -2.46. The Kier molecular flexibility index (Phi) is 6.76. The second-order valence-electron chi connectivity index (χ2n) is 5.95. The average molecular weight is 382 g/mol. The van der Waals surface area contributed by atoms with Gasteiger partial charge >= 0.3 is 0 Å². The maximum Gasteiger partial charge on any atom is 0.0718 e. The van der Waals surface area contributed by atoms with E-state index in [0.717, 1.165) is 4.43 Å². The highest BCUT2D eigenvalue weighted by molar-refractivity contribution is 14.1. The first-order valence-electron chi connectivity index (χ1n) is 7.05. The minimum absolute atomic E-state index is 0.0180. The number of alkyl halides is 1. The topological polar surface area (TPSA) is 49.7 Å². The van der Waals surface area contributed by atoms with Gasteiger partial charge < -0.3 is 14.9 Å². The van der Waals surface area contributed by atoms with Crippen LogP contribution in [0.3, 0.4) is 0 Å². The first kappa shape index (κ1) is 17.4. The zero-order valence-corrected chi connectivity index (χ0v) is 14.4. The largest absolute Gasteiger partial charge is 0.392 e. The summed E-state index contributed by atoms with van der Waals surface area (Å²) in [4.78, 5) is 0. The molecule has 0 aromatic rings. The van der Waals surface area contributed by atoms with E-state index in [2.05, 4.69) is 29.2 Å². The van der Waals surface area contributed by atoms with Crippen molar-refractivity contribution in [3.05, 3.63) is 12.7 Å². The van der Waals surface area contributed by atoms with Crippen LogP contribution in [0.15, 0.2) is 12.7 Å². The van der Waals surface area contributed by atoms with Gasteiger partial charge in [-0.15, -0.1) is 6.58 Å². The van der Waals surface area contributed by atoms with Gasteiger partial charge in [0, 0.05) is 28.1 Å². The smallest absolute Gasteiger partial charge is 0.0718 e. The van der Waals surface area contributed by atoms with Crippen molar-refractivity contribution in [3.63, 3.8) is 0 Å². The quantitative estimate of drug-likeness (QED) is 0.437. The van der Waals surface area contributed by atoms with Gasteiger partial charge in [-0.1, -0.05) is 56.4 Å². The average Bonchev–Trinajstić information content (AvgIpc) is 2.42. The van der Waals surface area contributed by atoms with Gasteiger partial charge in [0.1, 0.15) is 0 Å². The van der Waals surface area contributed by atoms with Crippen molar-refractivity contribution >= 4 is 22.6 Å². The summed E-state index contributed by atoms with van der Waals surface area (Å²) in [6, 6.07) is 0. The molecular formula is C15H27IO3. The number of aliphatic hydroxyl groups excluding tert-OH is 2. The SMILES string of the molecule is C=C[C@H](C)[C@H](O)[C@@H](C)[C@H]1O[C@@H](CI)[C@@H](C)[C@@H](O)[C@@H]1C. The Morgan fingerprint density at radius 2 is 1.89 bits per heavy atom. The molecular weight excluding hydrogens is 355 g/mol. The third-order valence-corrected chi connectivity index (χ3v) is 5.50. The van der Waals surface area contributed by atoms with Crippen molar-refractivity contribution < 1.29 is 14.9 Å². The lowest BCUT2D eigenvalue weighted by atomic mass is 9.76. The molecule has 0 radical (unpaired) electrons. The Balaban J connectivity index is 2.83. The lowest BCUT2D eigenvalue weighted by Crippen LogP contribution is -2.53. The van der Waals surface area contributed by atoms with E-state index in [9.17, 15) is 10.2 Å². The van der Waals surface area contributed by atoms with Gasteiger partial charge in [0.05, 0.1) is 24.4 Å². The van der Waals surface area contributed by atoms with Gasteiger partial charge in [0.25, 0.3) is 0 Å². The minimum atomic E-state index is -0.486. The Morgan fingerprint density at radius 1 is 1.32 bits per heavy atom. The van der Waals surface area contributed by atoms with E-state index in [1.165, 1.54) is 0 Å². The molecule has 112 valence electrons. The summed E-state index contributed by atoms with van der Waals surface area (Å²) in [7, 11) is 0. The monoisotopic (exact) mass is 382 g/mol. The summed E-state index contributed by atoms with van der Waals surface area (Å²) in [5, 5.41) is 20.7. The molecule has 4 heteroatoms. The first-order chi connectivity index (χ1) is 8.84. The van der Waals surface area contributed by atoms with Crippen molar-refractivity contribution in [2.45, 2.75) is 52.1 Å². The maximum absolute atomic E-state index is 10.4.